The second kappa shape index (κ2) is 6.58. The van der Waals surface area contributed by atoms with E-state index in [1.807, 2.05) is 30.3 Å². The van der Waals surface area contributed by atoms with Gasteiger partial charge in [0.2, 0.25) is 0 Å². The third-order valence-electron chi connectivity index (χ3n) is 3.20. The molecule has 24 heavy (non-hydrogen) atoms. The maximum Gasteiger partial charge on any atom is 0.271 e. The molecule has 1 heterocycles. The lowest BCUT2D eigenvalue weighted by molar-refractivity contribution is 0.0993. The summed E-state index contributed by atoms with van der Waals surface area (Å²) in [7, 11) is 0. The average molecular weight is 316 g/mol. The largest absolute Gasteiger partial charge is 0.452 e. The van der Waals surface area contributed by atoms with Crippen LogP contribution in [0.15, 0.2) is 60.7 Å². The first-order valence-electron chi connectivity index (χ1n) is 7.09. The number of rotatable bonds is 4. The molecule has 0 aliphatic carbocycles. The Morgan fingerprint density at radius 1 is 1.00 bits per heavy atom. The molecule has 0 radical (unpaired) electrons. The topological polar surface area (TPSA) is 102 Å². The Morgan fingerprint density at radius 2 is 1.62 bits per heavy atom. The molecule has 1 amide bonds. The summed E-state index contributed by atoms with van der Waals surface area (Å²) in [6.07, 6.45) is 0. The van der Waals surface area contributed by atoms with Crippen molar-refractivity contribution >= 4 is 5.91 Å². The number of amides is 1. The van der Waals surface area contributed by atoms with E-state index in [1.165, 1.54) is 0 Å². The molecule has 0 aliphatic heterocycles. The SMILES string of the molecule is N#Cc1nc(-c2ccccc2)nc(C(N)=O)c1Oc1ccccc1. The predicted molar refractivity (Wildman–Crippen MR) is 87.2 cm³/mol. The van der Waals surface area contributed by atoms with Gasteiger partial charge in [-0.2, -0.15) is 5.26 Å². The zero-order chi connectivity index (χ0) is 16.9. The second-order valence-electron chi connectivity index (χ2n) is 4.83. The molecule has 3 rings (SSSR count). The monoisotopic (exact) mass is 316 g/mol. The summed E-state index contributed by atoms with van der Waals surface area (Å²) in [5.74, 6) is -0.151. The number of nitrogens with zero attached hydrogens (tertiary/aromatic N) is 3. The number of benzene rings is 2. The maximum atomic E-state index is 11.8. The summed E-state index contributed by atoms with van der Waals surface area (Å²) in [5.41, 5.74) is 5.90. The predicted octanol–water partition coefficient (Wildman–Crippen LogP) is 2.91. The zero-order valence-electron chi connectivity index (χ0n) is 12.5. The van der Waals surface area contributed by atoms with E-state index in [0.29, 0.717) is 11.3 Å². The molecule has 2 N–H and O–H groups in total. The minimum Gasteiger partial charge on any atom is -0.452 e. The highest BCUT2D eigenvalue weighted by Crippen LogP contribution is 2.29. The highest BCUT2D eigenvalue weighted by atomic mass is 16.5. The Morgan fingerprint density at radius 3 is 2.21 bits per heavy atom. The molecule has 0 saturated heterocycles. The van der Waals surface area contributed by atoms with Crippen molar-refractivity contribution in [3.63, 3.8) is 0 Å². The third-order valence-corrected chi connectivity index (χ3v) is 3.20. The van der Waals surface area contributed by atoms with Gasteiger partial charge in [0, 0.05) is 5.56 Å². The number of carbonyl (C=O) groups is 1. The zero-order valence-corrected chi connectivity index (χ0v) is 12.5. The van der Waals surface area contributed by atoms with E-state index in [9.17, 15) is 10.1 Å². The normalized spacial score (nSPS) is 9.96. The van der Waals surface area contributed by atoms with Crippen LogP contribution in [0.25, 0.3) is 11.4 Å². The minimum absolute atomic E-state index is 0.0455. The smallest absolute Gasteiger partial charge is 0.271 e. The number of nitrogens with two attached hydrogens (primary N) is 1. The van der Waals surface area contributed by atoms with Crippen LogP contribution >= 0.6 is 0 Å². The van der Waals surface area contributed by atoms with Crippen molar-refractivity contribution in [1.82, 2.24) is 9.97 Å². The van der Waals surface area contributed by atoms with Crippen LogP contribution in [0.5, 0.6) is 11.5 Å². The Balaban J connectivity index is 2.15. The number of primary amides is 1. The van der Waals surface area contributed by atoms with Crippen molar-refractivity contribution < 1.29 is 9.53 Å². The fourth-order valence-corrected chi connectivity index (χ4v) is 2.11. The Labute approximate surface area is 138 Å². The molecule has 0 aliphatic rings. The summed E-state index contributed by atoms with van der Waals surface area (Å²) in [6, 6.07) is 19.7. The van der Waals surface area contributed by atoms with E-state index in [1.54, 1.807) is 36.4 Å². The molecular formula is C18H12N4O2. The van der Waals surface area contributed by atoms with Gasteiger partial charge in [-0.1, -0.05) is 48.5 Å². The van der Waals surface area contributed by atoms with Crippen molar-refractivity contribution in [1.29, 1.82) is 5.26 Å². The third kappa shape index (κ3) is 3.05. The van der Waals surface area contributed by atoms with E-state index in [4.69, 9.17) is 10.5 Å². The lowest BCUT2D eigenvalue weighted by Crippen LogP contribution is -2.16. The van der Waals surface area contributed by atoms with Crippen LogP contribution in [0.4, 0.5) is 0 Å². The van der Waals surface area contributed by atoms with Crippen molar-refractivity contribution in [2.24, 2.45) is 5.73 Å². The van der Waals surface area contributed by atoms with Crippen LogP contribution in [-0.2, 0) is 0 Å². The Bertz CT molecular complexity index is 919. The lowest BCUT2D eigenvalue weighted by Gasteiger charge is -2.11. The molecule has 0 fully saturated rings. The quantitative estimate of drug-likeness (QED) is 0.797. The van der Waals surface area contributed by atoms with Crippen LogP contribution in [0.2, 0.25) is 0 Å². The summed E-state index contributed by atoms with van der Waals surface area (Å²) in [5, 5.41) is 9.40. The van der Waals surface area contributed by atoms with Crippen molar-refractivity contribution in [3.8, 4) is 29.0 Å². The van der Waals surface area contributed by atoms with Crippen LogP contribution in [0, 0.1) is 11.3 Å². The summed E-state index contributed by atoms with van der Waals surface area (Å²) >= 11 is 0. The number of para-hydroxylation sites is 1. The minimum atomic E-state index is -0.794. The van der Waals surface area contributed by atoms with Gasteiger partial charge in [0.15, 0.2) is 23.0 Å². The summed E-state index contributed by atoms with van der Waals surface area (Å²) < 4.78 is 5.64. The molecular weight excluding hydrogens is 304 g/mol. The first-order chi connectivity index (χ1) is 11.7. The van der Waals surface area contributed by atoms with E-state index in [-0.39, 0.29) is 23.0 Å². The molecule has 1 aromatic heterocycles. The van der Waals surface area contributed by atoms with Crippen LogP contribution < -0.4 is 10.5 Å². The molecule has 0 saturated carbocycles. The molecule has 6 heteroatoms. The molecule has 0 atom stereocenters. The number of ether oxygens (including phenoxy) is 1. The van der Waals surface area contributed by atoms with E-state index in [0.717, 1.165) is 0 Å². The van der Waals surface area contributed by atoms with Crippen LogP contribution in [0.1, 0.15) is 16.2 Å². The molecule has 116 valence electrons. The van der Waals surface area contributed by atoms with Gasteiger partial charge in [-0.05, 0) is 12.1 Å². The lowest BCUT2D eigenvalue weighted by atomic mass is 10.2. The Kier molecular flexibility index (Phi) is 4.17. The van der Waals surface area contributed by atoms with Gasteiger partial charge in [0.25, 0.3) is 5.91 Å². The number of carbonyl (C=O) groups excluding carboxylic acids is 1. The van der Waals surface area contributed by atoms with Gasteiger partial charge in [0.1, 0.15) is 11.8 Å². The van der Waals surface area contributed by atoms with Crippen LogP contribution in [-0.4, -0.2) is 15.9 Å². The molecule has 3 aromatic rings. The summed E-state index contributed by atoms with van der Waals surface area (Å²) in [6.45, 7) is 0. The van der Waals surface area contributed by atoms with Crippen molar-refractivity contribution in [2.75, 3.05) is 0 Å². The van der Waals surface area contributed by atoms with Gasteiger partial charge in [-0.25, -0.2) is 9.97 Å². The maximum absolute atomic E-state index is 11.8. The van der Waals surface area contributed by atoms with Crippen molar-refractivity contribution in [2.45, 2.75) is 0 Å². The molecule has 0 unspecified atom stereocenters. The van der Waals surface area contributed by atoms with E-state index < -0.39 is 5.91 Å². The van der Waals surface area contributed by atoms with Crippen LogP contribution in [0.3, 0.4) is 0 Å². The highest BCUT2D eigenvalue weighted by Gasteiger charge is 2.21. The first-order valence-corrected chi connectivity index (χ1v) is 7.09. The molecule has 6 nitrogen and oxygen atoms in total. The number of hydrogen-bond acceptors (Lipinski definition) is 5. The van der Waals surface area contributed by atoms with Gasteiger partial charge < -0.3 is 10.5 Å². The summed E-state index contributed by atoms with van der Waals surface area (Å²) in [4.78, 5) is 20.2. The first kappa shape index (κ1) is 15.2. The van der Waals surface area contributed by atoms with E-state index in [2.05, 4.69) is 9.97 Å². The number of nitriles is 1. The number of hydrogen-bond donors (Lipinski definition) is 1. The van der Waals surface area contributed by atoms with Gasteiger partial charge >= 0.3 is 0 Å². The fraction of sp³-hybridized carbons (Fsp3) is 0. The van der Waals surface area contributed by atoms with E-state index >= 15 is 0 Å². The average Bonchev–Trinajstić information content (AvgIpc) is 2.63. The highest BCUT2D eigenvalue weighted by molar-refractivity contribution is 5.94. The standard InChI is InChI=1S/C18H12N4O2/c19-11-14-16(24-13-9-5-2-6-10-13)15(17(20)23)22-18(21-14)12-7-3-1-4-8-12/h1-10H,(H2,20,23). The van der Waals surface area contributed by atoms with Gasteiger partial charge in [0.05, 0.1) is 0 Å². The van der Waals surface area contributed by atoms with Gasteiger partial charge in [-0.15, -0.1) is 0 Å². The van der Waals surface area contributed by atoms with Gasteiger partial charge in [-0.3, -0.25) is 4.79 Å². The van der Waals surface area contributed by atoms with Crippen molar-refractivity contribution in [3.05, 3.63) is 72.1 Å². The second-order valence-corrected chi connectivity index (χ2v) is 4.83. The molecule has 0 bridgehead atoms. The number of aromatic nitrogens is 2. The molecule has 0 spiro atoms. The fourth-order valence-electron chi connectivity index (χ4n) is 2.11. The Hall–Kier alpha value is -3.72. The molecule has 2 aromatic carbocycles.